The third-order valence-electron chi connectivity index (χ3n) is 4.79. The van der Waals surface area contributed by atoms with Crippen LogP contribution in [0.15, 0.2) is 64.2 Å². The summed E-state index contributed by atoms with van der Waals surface area (Å²) in [5, 5.41) is 14.1. The predicted molar refractivity (Wildman–Crippen MR) is 98.5 cm³/mol. The number of hydrogen-bond acceptors (Lipinski definition) is 4. The third kappa shape index (κ3) is 2.84. The number of benzene rings is 2. The summed E-state index contributed by atoms with van der Waals surface area (Å²) in [6.07, 6.45) is 0.856. The molecule has 0 saturated heterocycles. The molecule has 0 radical (unpaired) electrons. The molecule has 1 aliphatic rings. The first-order valence-corrected chi connectivity index (χ1v) is 8.56. The molecule has 2 aromatic carbocycles. The summed E-state index contributed by atoms with van der Waals surface area (Å²) in [7, 11) is 0. The lowest BCUT2D eigenvalue weighted by Crippen LogP contribution is -2.39. The van der Waals surface area contributed by atoms with E-state index >= 15 is 0 Å². The molecule has 1 aliphatic heterocycles. The lowest BCUT2D eigenvalue weighted by molar-refractivity contribution is 0.391. The molecule has 0 saturated carbocycles. The van der Waals surface area contributed by atoms with E-state index in [0.29, 0.717) is 6.54 Å². The van der Waals surface area contributed by atoms with Gasteiger partial charge in [-0.1, -0.05) is 54.6 Å². The highest BCUT2D eigenvalue weighted by molar-refractivity contribution is 5.42. The first kappa shape index (κ1) is 16.4. The first-order chi connectivity index (χ1) is 12.6. The van der Waals surface area contributed by atoms with E-state index < -0.39 is 17.3 Å². The zero-order chi connectivity index (χ0) is 18.1. The number of rotatable bonds is 3. The molecule has 0 amide bonds. The number of nitrogens with zero attached hydrogens (tertiary/aromatic N) is 1. The van der Waals surface area contributed by atoms with Crippen LogP contribution < -0.4 is 16.6 Å². The SMILES string of the molecule is O=c1[nH]c(=O)n(Cc2ccccc2)c(O)c1[C@@H]1NCCc2ccccc21. The Bertz CT molecular complexity index is 1050. The second-order valence-electron chi connectivity index (χ2n) is 6.40. The number of H-pyrrole nitrogens is 1. The molecule has 1 atom stereocenters. The van der Waals surface area contributed by atoms with E-state index in [1.54, 1.807) is 0 Å². The minimum atomic E-state index is -0.621. The smallest absolute Gasteiger partial charge is 0.331 e. The molecular formula is C20H19N3O3. The van der Waals surface area contributed by atoms with E-state index in [1.807, 2.05) is 54.6 Å². The zero-order valence-corrected chi connectivity index (χ0v) is 14.1. The van der Waals surface area contributed by atoms with Crippen LogP contribution in [0.4, 0.5) is 0 Å². The fraction of sp³-hybridized carbons (Fsp3) is 0.200. The maximum Gasteiger partial charge on any atom is 0.331 e. The molecule has 6 nitrogen and oxygen atoms in total. The van der Waals surface area contributed by atoms with Gasteiger partial charge in [-0.3, -0.25) is 14.3 Å². The van der Waals surface area contributed by atoms with Crippen molar-refractivity contribution in [2.75, 3.05) is 6.54 Å². The van der Waals surface area contributed by atoms with Crippen LogP contribution in [0.2, 0.25) is 0 Å². The number of fused-ring (bicyclic) bond motifs is 1. The fourth-order valence-electron chi connectivity index (χ4n) is 3.51. The Kier molecular flexibility index (Phi) is 4.18. The van der Waals surface area contributed by atoms with Crippen LogP contribution in [0.1, 0.15) is 28.3 Å². The van der Waals surface area contributed by atoms with Gasteiger partial charge in [0.15, 0.2) is 0 Å². The Morgan fingerprint density at radius 1 is 1.04 bits per heavy atom. The van der Waals surface area contributed by atoms with Crippen molar-refractivity contribution < 1.29 is 5.11 Å². The molecule has 0 unspecified atom stereocenters. The summed E-state index contributed by atoms with van der Waals surface area (Å²) in [6, 6.07) is 16.7. The summed E-state index contributed by atoms with van der Waals surface area (Å²) >= 11 is 0. The highest BCUT2D eigenvalue weighted by Crippen LogP contribution is 2.30. The lowest BCUT2D eigenvalue weighted by Gasteiger charge is -2.27. The molecule has 0 spiro atoms. The molecule has 26 heavy (non-hydrogen) atoms. The summed E-state index contributed by atoms with van der Waals surface area (Å²) in [5.74, 6) is -0.295. The van der Waals surface area contributed by atoms with E-state index in [9.17, 15) is 14.7 Å². The average Bonchev–Trinajstić information content (AvgIpc) is 2.66. The van der Waals surface area contributed by atoms with Gasteiger partial charge >= 0.3 is 5.69 Å². The standard InChI is InChI=1S/C20H19N3O3/c24-18-16(17-15-9-5-4-8-14(15)10-11-21-17)19(25)23(20(26)22-18)12-13-6-2-1-3-7-13/h1-9,17,21,25H,10-12H2,(H,22,24,26)/t17-/m1/s1. The highest BCUT2D eigenvalue weighted by Gasteiger charge is 2.28. The van der Waals surface area contributed by atoms with E-state index in [0.717, 1.165) is 23.1 Å². The molecule has 0 aliphatic carbocycles. The molecule has 6 heteroatoms. The zero-order valence-electron chi connectivity index (χ0n) is 14.1. The second-order valence-corrected chi connectivity index (χ2v) is 6.40. The molecule has 4 rings (SSSR count). The summed E-state index contributed by atoms with van der Waals surface area (Å²) < 4.78 is 1.20. The maximum atomic E-state index is 12.5. The van der Waals surface area contributed by atoms with Gasteiger partial charge in [0.25, 0.3) is 5.56 Å². The Balaban J connectivity index is 1.85. The van der Waals surface area contributed by atoms with Crippen LogP contribution in [0, 0.1) is 0 Å². The molecule has 0 fully saturated rings. The Labute approximate surface area is 149 Å². The van der Waals surface area contributed by atoms with Crippen molar-refractivity contribution >= 4 is 0 Å². The van der Waals surface area contributed by atoms with Crippen molar-refractivity contribution in [3.63, 3.8) is 0 Å². The van der Waals surface area contributed by atoms with Crippen LogP contribution in [0.3, 0.4) is 0 Å². The minimum Gasteiger partial charge on any atom is -0.494 e. The van der Waals surface area contributed by atoms with Crippen molar-refractivity contribution in [3.05, 3.63) is 97.7 Å². The number of aromatic amines is 1. The van der Waals surface area contributed by atoms with Gasteiger partial charge in [0, 0.05) is 6.54 Å². The van der Waals surface area contributed by atoms with E-state index in [4.69, 9.17) is 0 Å². The molecule has 132 valence electrons. The number of nitrogens with one attached hydrogen (secondary N) is 2. The van der Waals surface area contributed by atoms with E-state index in [-0.39, 0.29) is 18.0 Å². The molecule has 1 aromatic heterocycles. The monoisotopic (exact) mass is 349 g/mol. The van der Waals surface area contributed by atoms with E-state index in [2.05, 4.69) is 10.3 Å². The van der Waals surface area contributed by atoms with Crippen molar-refractivity contribution in [2.45, 2.75) is 19.0 Å². The Morgan fingerprint density at radius 2 is 1.77 bits per heavy atom. The highest BCUT2D eigenvalue weighted by atomic mass is 16.3. The van der Waals surface area contributed by atoms with Crippen LogP contribution in [-0.4, -0.2) is 21.2 Å². The van der Waals surface area contributed by atoms with Gasteiger partial charge < -0.3 is 10.4 Å². The Morgan fingerprint density at radius 3 is 2.58 bits per heavy atom. The minimum absolute atomic E-state index is 0.174. The topological polar surface area (TPSA) is 87.1 Å². The average molecular weight is 349 g/mol. The molecular weight excluding hydrogens is 330 g/mol. The number of aromatic nitrogens is 2. The van der Waals surface area contributed by atoms with Crippen LogP contribution in [0.25, 0.3) is 0 Å². The molecule has 3 N–H and O–H groups in total. The van der Waals surface area contributed by atoms with Crippen LogP contribution >= 0.6 is 0 Å². The lowest BCUT2D eigenvalue weighted by atomic mass is 9.90. The molecule has 3 aromatic rings. The van der Waals surface area contributed by atoms with Crippen LogP contribution in [0.5, 0.6) is 5.88 Å². The third-order valence-corrected chi connectivity index (χ3v) is 4.79. The van der Waals surface area contributed by atoms with Gasteiger partial charge in [0.05, 0.1) is 18.2 Å². The fourth-order valence-corrected chi connectivity index (χ4v) is 3.51. The predicted octanol–water partition coefficient (Wildman–Crippen LogP) is 1.53. The van der Waals surface area contributed by atoms with Gasteiger partial charge in [-0.15, -0.1) is 0 Å². The number of hydrogen-bond donors (Lipinski definition) is 3. The van der Waals surface area contributed by atoms with Gasteiger partial charge in [-0.05, 0) is 23.1 Å². The van der Waals surface area contributed by atoms with E-state index in [1.165, 1.54) is 4.57 Å². The second kappa shape index (κ2) is 6.65. The summed E-state index contributed by atoms with van der Waals surface area (Å²) in [4.78, 5) is 27.1. The van der Waals surface area contributed by atoms with Crippen molar-refractivity contribution in [1.82, 2.24) is 14.9 Å². The summed E-state index contributed by atoms with van der Waals surface area (Å²) in [6.45, 7) is 0.877. The normalized spacial score (nSPS) is 16.2. The maximum absolute atomic E-state index is 12.5. The van der Waals surface area contributed by atoms with Crippen molar-refractivity contribution in [2.24, 2.45) is 0 Å². The first-order valence-electron chi connectivity index (χ1n) is 8.56. The van der Waals surface area contributed by atoms with Gasteiger partial charge in [-0.25, -0.2) is 4.79 Å². The number of aromatic hydroxyl groups is 1. The van der Waals surface area contributed by atoms with Crippen molar-refractivity contribution in [1.29, 1.82) is 0 Å². The Hall–Kier alpha value is -3.12. The van der Waals surface area contributed by atoms with Gasteiger partial charge in [0.1, 0.15) is 0 Å². The quantitative estimate of drug-likeness (QED) is 0.669. The van der Waals surface area contributed by atoms with Gasteiger partial charge in [-0.2, -0.15) is 0 Å². The summed E-state index contributed by atoms with van der Waals surface area (Å²) in [5.41, 5.74) is 1.93. The largest absolute Gasteiger partial charge is 0.494 e. The molecule has 0 bridgehead atoms. The van der Waals surface area contributed by atoms with Crippen LogP contribution in [-0.2, 0) is 13.0 Å². The van der Waals surface area contributed by atoms with Crippen molar-refractivity contribution in [3.8, 4) is 5.88 Å². The molecule has 2 heterocycles. The van der Waals surface area contributed by atoms with Gasteiger partial charge in [0.2, 0.25) is 5.88 Å².